The lowest BCUT2D eigenvalue weighted by atomic mass is 10.0. The topological polar surface area (TPSA) is 73.5 Å². The molecule has 0 bridgehead atoms. The molecular weight excluding hydrogens is 328 g/mol. The fourth-order valence-electron chi connectivity index (χ4n) is 3.21. The smallest absolute Gasteiger partial charge is 0.239 e. The minimum Gasteiger partial charge on any atom is -0.353 e. The van der Waals surface area contributed by atoms with Crippen molar-refractivity contribution in [3.8, 4) is 0 Å². The highest BCUT2D eigenvalue weighted by Gasteiger charge is 2.11. The van der Waals surface area contributed by atoms with E-state index in [1.165, 1.54) is 0 Å². The fraction of sp³-hybridized carbons (Fsp3) is 0.400. The van der Waals surface area contributed by atoms with Gasteiger partial charge in [-0.2, -0.15) is 0 Å². The van der Waals surface area contributed by atoms with E-state index in [1.54, 1.807) is 0 Å². The Balaban J connectivity index is 1.40. The third kappa shape index (κ3) is 5.28. The maximum atomic E-state index is 12.2. The Bertz CT molecular complexity index is 751. The van der Waals surface area contributed by atoms with Gasteiger partial charge in [-0.1, -0.05) is 42.5 Å². The van der Waals surface area contributed by atoms with Crippen molar-refractivity contribution in [3.63, 3.8) is 0 Å². The molecule has 1 fully saturated rings. The quantitative estimate of drug-likeness (QED) is 0.678. The number of nitrogens with one attached hydrogen (secondary N) is 3. The fourth-order valence-corrected chi connectivity index (χ4v) is 3.21. The lowest BCUT2D eigenvalue weighted by Crippen LogP contribution is -2.47. The number of benzene rings is 2. The van der Waals surface area contributed by atoms with E-state index in [2.05, 4.69) is 20.9 Å². The van der Waals surface area contributed by atoms with Crippen LogP contribution in [0.25, 0.3) is 10.8 Å². The number of amides is 2. The molecule has 2 aromatic rings. The second-order valence-electron chi connectivity index (χ2n) is 6.53. The molecule has 26 heavy (non-hydrogen) atoms. The third-order valence-corrected chi connectivity index (χ3v) is 4.64. The summed E-state index contributed by atoms with van der Waals surface area (Å²) >= 11 is 0. The van der Waals surface area contributed by atoms with Gasteiger partial charge in [0.05, 0.1) is 13.0 Å². The molecule has 3 N–H and O–H groups in total. The molecule has 0 saturated carbocycles. The van der Waals surface area contributed by atoms with Gasteiger partial charge in [0.25, 0.3) is 0 Å². The van der Waals surface area contributed by atoms with Crippen molar-refractivity contribution in [2.45, 2.75) is 6.42 Å². The first-order valence-corrected chi connectivity index (χ1v) is 9.15. The number of nitrogens with zero attached hydrogens (tertiary/aromatic N) is 1. The average molecular weight is 354 g/mol. The van der Waals surface area contributed by atoms with Gasteiger partial charge in [-0.25, -0.2) is 0 Å². The summed E-state index contributed by atoms with van der Waals surface area (Å²) in [4.78, 5) is 26.4. The summed E-state index contributed by atoms with van der Waals surface area (Å²) in [7, 11) is 0. The molecule has 0 aliphatic carbocycles. The van der Waals surface area contributed by atoms with Gasteiger partial charge >= 0.3 is 0 Å². The summed E-state index contributed by atoms with van der Waals surface area (Å²) < 4.78 is 0. The van der Waals surface area contributed by atoms with E-state index in [1.807, 2.05) is 42.5 Å². The maximum absolute atomic E-state index is 12.2. The number of carbonyl (C=O) groups excluding carboxylic acids is 2. The van der Waals surface area contributed by atoms with Gasteiger partial charge in [0.2, 0.25) is 11.8 Å². The second kappa shape index (κ2) is 9.31. The number of hydrogen-bond acceptors (Lipinski definition) is 4. The van der Waals surface area contributed by atoms with Crippen LogP contribution in [0.2, 0.25) is 0 Å². The van der Waals surface area contributed by atoms with Crippen LogP contribution in [0.1, 0.15) is 5.56 Å². The van der Waals surface area contributed by atoms with Crippen LogP contribution in [0.3, 0.4) is 0 Å². The van der Waals surface area contributed by atoms with Crippen molar-refractivity contribution in [3.05, 3.63) is 48.0 Å². The molecular formula is C20H26N4O2. The van der Waals surface area contributed by atoms with Crippen molar-refractivity contribution in [1.29, 1.82) is 0 Å². The van der Waals surface area contributed by atoms with Crippen LogP contribution in [0.5, 0.6) is 0 Å². The zero-order valence-electron chi connectivity index (χ0n) is 15.0. The molecule has 1 aliphatic rings. The van der Waals surface area contributed by atoms with Crippen molar-refractivity contribution >= 4 is 22.6 Å². The van der Waals surface area contributed by atoms with Gasteiger partial charge < -0.3 is 16.0 Å². The van der Waals surface area contributed by atoms with E-state index in [-0.39, 0.29) is 24.8 Å². The number of fused-ring (bicyclic) bond motifs is 1. The largest absolute Gasteiger partial charge is 0.353 e. The van der Waals surface area contributed by atoms with Gasteiger partial charge in [0, 0.05) is 39.3 Å². The maximum Gasteiger partial charge on any atom is 0.239 e. The highest BCUT2D eigenvalue weighted by atomic mass is 16.2. The second-order valence-corrected chi connectivity index (χ2v) is 6.53. The van der Waals surface area contributed by atoms with Crippen LogP contribution in [-0.4, -0.2) is 62.5 Å². The Kier molecular flexibility index (Phi) is 6.57. The molecule has 0 atom stereocenters. The first-order valence-electron chi connectivity index (χ1n) is 9.15. The van der Waals surface area contributed by atoms with Crippen LogP contribution in [0, 0.1) is 0 Å². The normalized spacial score (nSPS) is 14.9. The third-order valence-electron chi connectivity index (χ3n) is 4.64. The van der Waals surface area contributed by atoms with Gasteiger partial charge in [-0.3, -0.25) is 14.5 Å². The molecule has 0 unspecified atom stereocenters. The summed E-state index contributed by atoms with van der Waals surface area (Å²) in [6, 6.07) is 13.9. The lowest BCUT2D eigenvalue weighted by molar-refractivity contribution is -0.125. The monoisotopic (exact) mass is 354 g/mol. The van der Waals surface area contributed by atoms with Crippen molar-refractivity contribution in [2.24, 2.45) is 0 Å². The van der Waals surface area contributed by atoms with Crippen LogP contribution in [-0.2, 0) is 16.0 Å². The summed E-state index contributed by atoms with van der Waals surface area (Å²) in [5.74, 6) is -0.287. The van der Waals surface area contributed by atoms with Crippen LogP contribution >= 0.6 is 0 Å². The summed E-state index contributed by atoms with van der Waals surface area (Å²) in [6.07, 6.45) is 0.273. The number of piperazine rings is 1. The molecule has 2 aromatic carbocycles. The van der Waals surface area contributed by atoms with E-state index >= 15 is 0 Å². The average Bonchev–Trinajstić information content (AvgIpc) is 2.67. The Morgan fingerprint density at radius 3 is 2.58 bits per heavy atom. The highest BCUT2D eigenvalue weighted by molar-refractivity contribution is 5.91. The number of carbonyl (C=O) groups is 2. The Hall–Kier alpha value is -2.44. The number of hydrogen-bond donors (Lipinski definition) is 3. The molecule has 1 aliphatic heterocycles. The molecule has 0 aromatic heterocycles. The molecule has 1 heterocycles. The highest BCUT2D eigenvalue weighted by Crippen LogP contribution is 2.18. The van der Waals surface area contributed by atoms with E-state index in [0.29, 0.717) is 6.54 Å². The molecule has 1 saturated heterocycles. The summed E-state index contributed by atoms with van der Waals surface area (Å²) in [5, 5.41) is 11.1. The molecule has 0 radical (unpaired) electrons. The minimum absolute atomic E-state index is 0.0190. The zero-order valence-corrected chi connectivity index (χ0v) is 15.0. The van der Waals surface area contributed by atoms with Crippen molar-refractivity contribution in [2.75, 3.05) is 45.8 Å². The summed E-state index contributed by atoms with van der Waals surface area (Å²) in [6.45, 7) is 5.49. The molecule has 6 nitrogen and oxygen atoms in total. The van der Waals surface area contributed by atoms with Crippen molar-refractivity contribution in [1.82, 2.24) is 20.9 Å². The Morgan fingerprint density at radius 1 is 0.962 bits per heavy atom. The predicted octanol–water partition coefficient (Wildman–Crippen LogP) is 0.520. The molecule has 3 rings (SSSR count). The van der Waals surface area contributed by atoms with Crippen LogP contribution < -0.4 is 16.0 Å². The van der Waals surface area contributed by atoms with Gasteiger partial charge in [-0.15, -0.1) is 0 Å². The summed E-state index contributed by atoms with van der Waals surface area (Å²) in [5.41, 5.74) is 0.972. The first-order chi connectivity index (χ1) is 12.7. The molecule has 138 valence electrons. The predicted molar refractivity (Wildman–Crippen MR) is 103 cm³/mol. The SMILES string of the molecule is O=C(CNC(=O)Cc1cccc2ccccc12)NCCN1CCNCC1. The molecule has 2 amide bonds. The van der Waals surface area contributed by atoms with Gasteiger partial charge in [0.1, 0.15) is 0 Å². The molecule has 0 spiro atoms. The van der Waals surface area contributed by atoms with E-state index in [0.717, 1.165) is 49.1 Å². The molecule has 6 heteroatoms. The standard InChI is InChI=1S/C20H26N4O2/c25-19(14-17-6-3-5-16-4-1-2-7-18(16)17)23-15-20(26)22-10-13-24-11-8-21-9-12-24/h1-7,21H,8-15H2,(H,22,26)(H,23,25). The van der Waals surface area contributed by atoms with Crippen molar-refractivity contribution < 1.29 is 9.59 Å². The van der Waals surface area contributed by atoms with Gasteiger partial charge in [0.15, 0.2) is 0 Å². The van der Waals surface area contributed by atoms with Gasteiger partial charge in [-0.05, 0) is 16.3 Å². The Morgan fingerprint density at radius 2 is 1.73 bits per heavy atom. The van der Waals surface area contributed by atoms with E-state index < -0.39 is 0 Å². The van der Waals surface area contributed by atoms with E-state index in [9.17, 15) is 9.59 Å². The Labute approximate surface area is 153 Å². The first kappa shape index (κ1) is 18.4. The zero-order chi connectivity index (χ0) is 18.2. The minimum atomic E-state index is -0.147. The van der Waals surface area contributed by atoms with E-state index in [4.69, 9.17) is 0 Å². The lowest BCUT2D eigenvalue weighted by Gasteiger charge is -2.27. The van der Waals surface area contributed by atoms with Crippen LogP contribution in [0.15, 0.2) is 42.5 Å². The number of rotatable bonds is 7. The van der Waals surface area contributed by atoms with Crippen LogP contribution in [0.4, 0.5) is 0 Å².